The van der Waals surface area contributed by atoms with Crippen molar-refractivity contribution in [1.82, 2.24) is 9.72 Å². The van der Waals surface area contributed by atoms with Gasteiger partial charge in [0.05, 0.1) is 0 Å². The number of aromatic nitrogens is 2. The minimum atomic E-state index is -0.243. The van der Waals surface area contributed by atoms with Crippen molar-refractivity contribution in [3.8, 4) is 5.82 Å². The second kappa shape index (κ2) is 8.38. The number of anilines is 2. The van der Waals surface area contributed by atoms with Crippen molar-refractivity contribution in [3.63, 3.8) is 0 Å². The second-order valence-corrected chi connectivity index (χ2v) is 9.29. The Morgan fingerprint density at radius 3 is 2.40 bits per heavy atom. The van der Waals surface area contributed by atoms with E-state index in [2.05, 4.69) is 54.8 Å². The topological polar surface area (TPSA) is 72.1 Å². The van der Waals surface area contributed by atoms with E-state index in [9.17, 15) is 4.79 Å². The summed E-state index contributed by atoms with van der Waals surface area (Å²) in [6.07, 6.45) is 2.55. The smallest absolute Gasteiger partial charge is 0.279 e. The summed E-state index contributed by atoms with van der Waals surface area (Å²) in [5.74, 6) is 1.15. The molecule has 0 saturated heterocycles. The molecule has 1 aromatic carbocycles. The van der Waals surface area contributed by atoms with E-state index in [1.165, 1.54) is 11.1 Å². The summed E-state index contributed by atoms with van der Waals surface area (Å²) in [4.78, 5) is 13.1. The van der Waals surface area contributed by atoms with Crippen LogP contribution < -0.4 is 16.2 Å². The van der Waals surface area contributed by atoms with Gasteiger partial charge in [0.15, 0.2) is 5.82 Å². The first-order chi connectivity index (χ1) is 14.0. The van der Waals surface area contributed by atoms with Gasteiger partial charge in [-0.2, -0.15) is 0 Å². The first-order valence-electron chi connectivity index (χ1n) is 10.3. The van der Waals surface area contributed by atoms with Crippen LogP contribution in [-0.4, -0.2) is 21.3 Å². The number of benzene rings is 1. The molecule has 0 aliphatic heterocycles. The molecule has 3 aromatic rings. The lowest BCUT2D eigenvalue weighted by molar-refractivity contribution is 0.394. The molecule has 6 nitrogen and oxygen atoms in total. The van der Waals surface area contributed by atoms with Gasteiger partial charge < -0.3 is 15.2 Å². The average molecular weight is 409 g/mol. The van der Waals surface area contributed by atoms with E-state index in [0.29, 0.717) is 29.7 Å². The van der Waals surface area contributed by atoms with Crippen LogP contribution in [-0.2, 0) is 6.42 Å². The first-order valence-corrected chi connectivity index (χ1v) is 10.3. The molecular formula is C24H32N4O2. The highest BCUT2D eigenvalue weighted by atomic mass is 16.5. The maximum Gasteiger partial charge on any atom is 0.279 e. The fourth-order valence-electron chi connectivity index (χ4n) is 3.48. The summed E-state index contributed by atoms with van der Waals surface area (Å²) in [5.41, 5.74) is 4.66. The molecule has 0 unspecified atom stereocenters. The van der Waals surface area contributed by atoms with Crippen molar-refractivity contribution < 1.29 is 4.52 Å². The SMILES string of the molecule is Cc1cc(Cc2cc(NC(C)(C)C)c(=O)n(-c3cc(C)on3)c2)cc(NC(C)C)c1. The van der Waals surface area contributed by atoms with Crippen LogP contribution >= 0.6 is 0 Å². The molecular weight excluding hydrogens is 376 g/mol. The van der Waals surface area contributed by atoms with Gasteiger partial charge in [-0.1, -0.05) is 11.2 Å². The molecule has 6 heteroatoms. The lowest BCUT2D eigenvalue weighted by atomic mass is 10.0. The van der Waals surface area contributed by atoms with E-state index in [-0.39, 0.29) is 11.1 Å². The predicted molar refractivity (Wildman–Crippen MR) is 123 cm³/mol. The normalized spacial score (nSPS) is 11.7. The van der Waals surface area contributed by atoms with E-state index >= 15 is 0 Å². The monoisotopic (exact) mass is 408 g/mol. The Kier molecular flexibility index (Phi) is 6.06. The Morgan fingerprint density at radius 1 is 1.07 bits per heavy atom. The molecule has 0 atom stereocenters. The Morgan fingerprint density at radius 2 is 1.80 bits per heavy atom. The zero-order chi connectivity index (χ0) is 22.1. The summed E-state index contributed by atoms with van der Waals surface area (Å²) in [5, 5.41) is 10.9. The fourth-order valence-corrected chi connectivity index (χ4v) is 3.48. The highest BCUT2D eigenvalue weighted by molar-refractivity contribution is 5.52. The van der Waals surface area contributed by atoms with Crippen molar-refractivity contribution in [3.05, 3.63) is 69.3 Å². The summed E-state index contributed by atoms with van der Waals surface area (Å²) in [7, 11) is 0. The fraction of sp³-hybridized carbons (Fsp3) is 0.417. The molecule has 30 heavy (non-hydrogen) atoms. The summed E-state index contributed by atoms with van der Waals surface area (Å²) in [6, 6.07) is 10.6. The Balaban J connectivity index is 2.05. The molecule has 0 aliphatic rings. The third-order valence-electron chi connectivity index (χ3n) is 4.45. The van der Waals surface area contributed by atoms with Crippen molar-refractivity contribution in [2.75, 3.05) is 10.6 Å². The van der Waals surface area contributed by atoms with E-state index < -0.39 is 0 Å². The third-order valence-corrected chi connectivity index (χ3v) is 4.45. The average Bonchev–Trinajstić information content (AvgIpc) is 3.01. The van der Waals surface area contributed by atoms with E-state index in [1.54, 1.807) is 10.6 Å². The number of rotatable bonds is 6. The number of hydrogen-bond acceptors (Lipinski definition) is 5. The highest BCUT2D eigenvalue weighted by Crippen LogP contribution is 2.21. The molecule has 3 rings (SSSR count). The van der Waals surface area contributed by atoms with Crippen molar-refractivity contribution >= 4 is 11.4 Å². The molecule has 0 radical (unpaired) electrons. The molecule has 0 fully saturated rings. The molecule has 2 N–H and O–H groups in total. The maximum atomic E-state index is 13.1. The molecule has 0 spiro atoms. The number of pyridine rings is 1. The highest BCUT2D eigenvalue weighted by Gasteiger charge is 2.17. The van der Waals surface area contributed by atoms with E-state index in [1.807, 2.05) is 40.0 Å². The van der Waals surface area contributed by atoms with Gasteiger partial charge >= 0.3 is 0 Å². The molecule has 0 amide bonds. The second-order valence-electron chi connectivity index (χ2n) is 9.29. The third kappa shape index (κ3) is 5.53. The van der Waals surface area contributed by atoms with Crippen LogP contribution in [0.25, 0.3) is 5.82 Å². The first kappa shape index (κ1) is 21.7. The Hall–Kier alpha value is -3.02. The summed E-state index contributed by atoms with van der Waals surface area (Å²) in [6.45, 7) is 14.3. The minimum absolute atomic E-state index is 0.145. The van der Waals surface area contributed by atoms with Crippen molar-refractivity contribution in [2.45, 2.75) is 66.5 Å². The molecule has 0 saturated carbocycles. The van der Waals surface area contributed by atoms with Gasteiger partial charge in [0.25, 0.3) is 5.56 Å². The van der Waals surface area contributed by atoms with Gasteiger partial charge in [-0.15, -0.1) is 0 Å². The quantitative estimate of drug-likeness (QED) is 0.596. The van der Waals surface area contributed by atoms with Crippen LogP contribution in [0.15, 0.2) is 45.8 Å². The van der Waals surface area contributed by atoms with Gasteiger partial charge in [0, 0.05) is 29.5 Å². The summed E-state index contributed by atoms with van der Waals surface area (Å²) >= 11 is 0. The van der Waals surface area contributed by atoms with Crippen LogP contribution in [0.5, 0.6) is 0 Å². The lowest BCUT2D eigenvalue weighted by Crippen LogP contribution is -2.32. The molecule has 0 bridgehead atoms. The van der Waals surface area contributed by atoms with Crippen molar-refractivity contribution in [2.24, 2.45) is 0 Å². The molecule has 2 aromatic heterocycles. The minimum Gasteiger partial charge on any atom is -0.383 e. The predicted octanol–water partition coefficient (Wildman–Crippen LogP) is 5.06. The lowest BCUT2D eigenvalue weighted by Gasteiger charge is -2.22. The number of aryl methyl sites for hydroxylation is 2. The zero-order valence-electron chi connectivity index (χ0n) is 19.0. The summed E-state index contributed by atoms with van der Waals surface area (Å²) < 4.78 is 6.76. The number of nitrogens with one attached hydrogen (secondary N) is 2. The van der Waals surface area contributed by atoms with Gasteiger partial charge in [0.1, 0.15) is 11.4 Å². The zero-order valence-corrected chi connectivity index (χ0v) is 19.0. The number of hydrogen-bond donors (Lipinski definition) is 2. The standard InChI is InChI=1S/C24H32N4O2/c1-15(2)25-20-9-16(3)8-18(12-20)11-19-13-21(26-24(5,6)7)23(29)28(14-19)22-10-17(4)30-27-22/h8-10,12-15,25-26H,11H2,1-7H3. The van der Waals surface area contributed by atoms with Gasteiger partial charge in [-0.3, -0.25) is 9.36 Å². The Labute approximate surface area is 178 Å². The van der Waals surface area contributed by atoms with Crippen molar-refractivity contribution in [1.29, 1.82) is 0 Å². The van der Waals surface area contributed by atoms with Crippen LogP contribution in [0.2, 0.25) is 0 Å². The van der Waals surface area contributed by atoms with Crippen LogP contribution in [0, 0.1) is 13.8 Å². The van der Waals surface area contributed by atoms with Gasteiger partial charge in [-0.25, -0.2) is 0 Å². The van der Waals surface area contributed by atoms with Gasteiger partial charge in [-0.05, 0) is 89.8 Å². The van der Waals surface area contributed by atoms with Crippen LogP contribution in [0.3, 0.4) is 0 Å². The van der Waals surface area contributed by atoms with Crippen LogP contribution in [0.4, 0.5) is 11.4 Å². The maximum absolute atomic E-state index is 13.1. The molecule has 160 valence electrons. The largest absolute Gasteiger partial charge is 0.383 e. The van der Waals surface area contributed by atoms with Crippen LogP contribution in [0.1, 0.15) is 57.1 Å². The van der Waals surface area contributed by atoms with E-state index in [0.717, 1.165) is 11.3 Å². The molecule has 0 aliphatic carbocycles. The van der Waals surface area contributed by atoms with E-state index in [4.69, 9.17) is 4.52 Å². The van der Waals surface area contributed by atoms with Gasteiger partial charge in [0.2, 0.25) is 0 Å². The Bertz CT molecular complexity index is 1090. The molecule has 2 heterocycles. The number of nitrogens with zero attached hydrogens (tertiary/aromatic N) is 2.